The van der Waals surface area contributed by atoms with Gasteiger partial charge < -0.3 is 15.8 Å². The van der Waals surface area contributed by atoms with Gasteiger partial charge in [-0.2, -0.15) is 5.26 Å². The highest BCUT2D eigenvalue weighted by Crippen LogP contribution is 2.26. The van der Waals surface area contributed by atoms with Crippen molar-refractivity contribution in [3.63, 3.8) is 0 Å². The Morgan fingerprint density at radius 3 is 2.82 bits per heavy atom. The summed E-state index contributed by atoms with van der Waals surface area (Å²) in [5.41, 5.74) is 6.67. The van der Waals surface area contributed by atoms with E-state index in [1.54, 1.807) is 13.0 Å². The van der Waals surface area contributed by atoms with Crippen molar-refractivity contribution in [3.8, 4) is 6.07 Å². The van der Waals surface area contributed by atoms with Gasteiger partial charge in [-0.15, -0.1) is 0 Å². The van der Waals surface area contributed by atoms with Gasteiger partial charge in [0.2, 0.25) is 0 Å². The van der Waals surface area contributed by atoms with Gasteiger partial charge in [0.1, 0.15) is 35.1 Å². The lowest BCUT2D eigenvalue weighted by Crippen LogP contribution is -2.25. The molecule has 0 fully saturated rings. The van der Waals surface area contributed by atoms with E-state index in [0.717, 1.165) is 0 Å². The molecule has 1 aliphatic rings. The number of anilines is 1. The van der Waals surface area contributed by atoms with Crippen LogP contribution in [-0.4, -0.2) is 28.5 Å². The second kappa shape index (κ2) is 9.41. The summed E-state index contributed by atoms with van der Waals surface area (Å²) < 4.78 is 19.2. The Labute approximate surface area is 162 Å². The number of halogens is 1. The van der Waals surface area contributed by atoms with Crippen LogP contribution in [0.1, 0.15) is 53.6 Å². The minimum Gasteiger partial charge on any atom is -0.465 e. The molecule has 0 spiro atoms. The second-order valence-electron chi connectivity index (χ2n) is 5.64. The molecule has 0 aliphatic carbocycles. The molecule has 1 aliphatic heterocycles. The normalized spacial score (nSPS) is 15.2. The number of hydrogen-bond donors (Lipinski definition) is 2. The van der Waals surface area contributed by atoms with E-state index in [9.17, 15) is 9.18 Å². The summed E-state index contributed by atoms with van der Waals surface area (Å²) in [6.07, 6.45) is 1.74. The summed E-state index contributed by atoms with van der Waals surface area (Å²) in [5.74, 6) is -0.886. The molecule has 28 heavy (non-hydrogen) atoms. The number of carbonyl (C=O) groups excluding carboxylic acids is 1. The molecular weight excluding hydrogens is 363 g/mol. The number of nitrogens with one attached hydrogen (secondary N) is 1. The number of aliphatic imine (C=N–C) groups is 1. The molecule has 1 amide bonds. The molecule has 0 aromatic carbocycles. The van der Waals surface area contributed by atoms with Gasteiger partial charge in [0, 0.05) is 12.6 Å². The molecule has 0 saturated carbocycles. The van der Waals surface area contributed by atoms with Crippen molar-refractivity contribution in [1.82, 2.24) is 9.97 Å². The number of amides is 1. The third-order valence-corrected chi connectivity index (χ3v) is 3.78. The van der Waals surface area contributed by atoms with E-state index in [4.69, 9.17) is 15.7 Å². The van der Waals surface area contributed by atoms with Crippen LogP contribution in [0.25, 0.3) is 0 Å². The lowest BCUT2D eigenvalue weighted by molar-refractivity contribution is 0.102. The summed E-state index contributed by atoms with van der Waals surface area (Å²) >= 11 is 0. The molecule has 8 nitrogen and oxygen atoms in total. The zero-order chi connectivity index (χ0) is 20.7. The smallest absolute Gasteiger partial charge is 0.282 e. The van der Waals surface area contributed by atoms with Crippen molar-refractivity contribution in [2.24, 2.45) is 10.7 Å². The highest BCUT2D eigenvalue weighted by atomic mass is 19.1. The number of carbonyl (C=O) groups is 1. The summed E-state index contributed by atoms with van der Waals surface area (Å²) in [6, 6.07) is 5.48. The number of amidine groups is 1. The largest absolute Gasteiger partial charge is 0.465 e. The maximum absolute atomic E-state index is 14.1. The molecule has 0 bridgehead atoms. The Balaban J connectivity index is 0.00000136. The molecule has 0 saturated heterocycles. The van der Waals surface area contributed by atoms with Crippen LogP contribution < -0.4 is 11.1 Å². The molecular formula is C19H21FN6O2. The van der Waals surface area contributed by atoms with E-state index in [0.29, 0.717) is 24.2 Å². The van der Waals surface area contributed by atoms with Crippen molar-refractivity contribution in [2.45, 2.75) is 33.2 Å². The number of ether oxygens (including phenoxy) is 1. The standard InChI is InChI=1S/C17H15FN6O2.C2H6/c1-9-6-10(7-19)8-21-14(9)16(25)24-13-3-2-11(18)15(23-13)12-4-5-26-17(20)22-12;1-2/h2-3,6,8,12H,4-5H2,1H3,(H2,20,22)(H,23,24,25);1-2H3. The molecule has 146 valence electrons. The summed E-state index contributed by atoms with van der Waals surface area (Å²) in [7, 11) is 0. The minimum atomic E-state index is -0.574. The van der Waals surface area contributed by atoms with Gasteiger partial charge in [-0.3, -0.25) is 4.79 Å². The maximum Gasteiger partial charge on any atom is 0.282 e. The van der Waals surface area contributed by atoms with Gasteiger partial charge in [0.15, 0.2) is 0 Å². The van der Waals surface area contributed by atoms with Crippen LogP contribution >= 0.6 is 0 Å². The predicted octanol–water partition coefficient (Wildman–Crippen LogP) is 2.85. The summed E-state index contributed by atoms with van der Waals surface area (Å²) in [5, 5.41) is 11.4. The highest BCUT2D eigenvalue weighted by Gasteiger charge is 2.22. The Morgan fingerprint density at radius 2 is 2.18 bits per heavy atom. The van der Waals surface area contributed by atoms with Gasteiger partial charge in [0.25, 0.3) is 11.9 Å². The number of pyridine rings is 2. The molecule has 3 N–H and O–H groups in total. The lowest BCUT2D eigenvalue weighted by Gasteiger charge is -2.19. The van der Waals surface area contributed by atoms with Gasteiger partial charge >= 0.3 is 0 Å². The molecule has 0 radical (unpaired) electrons. The Morgan fingerprint density at radius 1 is 1.43 bits per heavy atom. The van der Waals surface area contributed by atoms with Crippen LogP contribution in [0.3, 0.4) is 0 Å². The van der Waals surface area contributed by atoms with Crippen molar-refractivity contribution in [1.29, 1.82) is 5.26 Å². The number of nitrogens with two attached hydrogens (primary N) is 1. The van der Waals surface area contributed by atoms with E-state index >= 15 is 0 Å². The van der Waals surface area contributed by atoms with Crippen LogP contribution in [0.5, 0.6) is 0 Å². The third-order valence-electron chi connectivity index (χ3n) is 3.78. The van der Waals surface area contributed by atoms with Gasteiger partial charge in [-0.25, -0.2) is 19.4 Å². The number of nitriles is 1. The van der Waals surface area contributed by atoms with Crippen LogP contribution in [0.4, 0.5) is 10.2 Å². The number of aryl methyl sites for hydroxylation is 1. The van der Waals surface area contributed by atoms with Crippen LogP contribution in [-0.2, 0) is 4.74 Å². The van der Waals surface area contributed by atoms with Crippen LogP contribution in [0.15, 0.2) is 29.4 Å². The first-order valence-corrected chi connectivity index (χ1v) is 8.78. The fraction of sp³-hybridized carbons (Fsp3) is 0.316. The first-order valence-electron chi connectivity index (χ1n) is 8.78. The van der Waals surface area contributed by atoms with Crippen LogP contribution in [0.2, 0.25) is 0 Å². The summed E-state index contributed by atoms with van der Waals surface area (Å²) in [6.45, 7) is 5.98. The number of nitrogens with zero attached hydrogens (tertiary/aromatic N) is 4. The molecule has 1 atom stereocenters. The quantitative estimate of drug-likeness (QED) is 0.838. The Bertz CT molecular complexity index is 939. The molecule has 3 heterocycles. The topological polar surface area (TPSA) is 126 Å². The molecule has 9 heteroatoms. The average Bonchev–Trinajstić information content (AvgIpc) is 2.70. The Hall–Kier alpha value is -3.54. The fourth-order valence-corrected chi connectivity index (χ4v) is 2.54. The number of hydrogen-bond acceptors (Lipinski definition) is 7. The van der Waals surface area contributed by atoms with Crippen molar-refractivity contribution < 1.29 is 13.9 Å². The van der Waals surface area contributed by atoms with E-state index < -0.39 is 17.8 Å². The fourth-order valence-electron chi connectivity index (χ4n) is 2.54. The number of aromatic nitrogens is 2. The van der Waals surface area contributed by atoms with Gasteiger partial charge in [-0.05, 0) is 30.7 Å². The van der Waals surface area contributed by atoms with E-state index in [-0.39, 0.29) is 23.2 Å². The SMILES string of the molecule is CC.Cc1cc(C#N)cnc1C(=O)Nc1ccc(F)c(C2CCOC(N)=N2)n1. The monoisotopic (exact) mass is 384 g/mol. The minimum absolute atomic E-state index is 0.0192. The summed E-state index contributed by atoms with van der Waals surface area (Å²) in [4.78, 5) is 24.6. The maximum atomic E-state index is 14.1. The average molecular weight is 384 g/mol. The van der Waals surface area contributed by atoms with E-state index in [1.807, 2.05) is 19.9 Å². The van der Waals surface area contributed by atoms with Gasteiger partial charge in [0.05, 0.1) is 12.2 Å². The predicted molar refractivity (Wildman–Crippen MR) is 102 cm³/mol. The van der Waals surface area contributed by atoms with E-state index in [1.165, 1.54) is 18.3 Å². The molecule has 1 unspecified atom stereocenters. The first-order chi connectivity index (χ1) is 13.5. The van der Waals surface area contributed by atoms with Gasteiger partial charge in [-0.1, -0.05) is 13.8 Å². The number of rotatable bonds is 3. The molecule has 2 aromatic rings. The van der Waals surface area contributed by atoms with Crippen molar-refractivity contribution >= 4 is 17.7 Å². The van der Waals surface area contributed by atoms with Crippen molar-refractivity contribution in [2.75, 3.05) is 11.9 Å². The van der Waals surface area contributed by atoms with Crippen molar-refractivity contribution in [3.05, 3.63) is 52.7 Å². The molecule has 2 aromatic heterocycles. The molecule has 3 rings (SSSR count). The lowest BCUT2D eigenvalue weighted by atomic mass is 10.1. The third kappa shape index (κ3) is 4.79. The zero-order valence-electron chi connectivity index (χ0n) is 15.9. The second-order valence-corrected chi connectivity index (χ2v) is 5.64. The first kappa shape index (κ1) is 20.8. The Kier molecular flexibility index (Phi) is 6.98. The highest BCUT2D eigenvalue weighted by molar-refractivity contribution is 6.03. The zero-order valence-corrected chi connectivity index (χ0v) is 15.9. The van der Waals surface area contributed by atoms with E-state index in [2.05, 4.69) is 20.3 Å². The van der Waals surface area contributed by atoms with Crippen LogP contribution in [0, 0.1) is 24.1 Å².